The van der Waals surface area contributed by atoms with Gasteiger partial charge in [-0.1, -0.05) is 26.2 Å². The van der Waals surface area contributed by atoms with Gasteiger partial charge in [0.05, 0.1) is 18.6 Å². The maximum absolute atomic E-state index is 10.6. The van der Waals surface area contributed by atoms with Crippen molar-refractivity contribution in [2.24, 2.45) is 11.8 Å². The Morgan fingerprint density at radius 1 is 1.47 bits per heavy atom. The summed E-state index contributed by atoms with van der Waals surface area (Å²) in [5.41, 5.74) is 0. The molecule has 0 amide bonds. The molecule has 1 fully saturated rings. The van der Waals surface area contributed by atoms with Crippen molar-refractivity contribution in [1.29, 1.82) is 0 Å². The lowest BCUT2D eigenvalue weighted by molar-refractivity contribution is -0.144. The molecule has 1 saturated carbocycles. The number of aliphatic carboxylic acids is 1. The Labute approximate surface area is 91.8 Å². The highest BCUT2D eigenvalue weighted by Crippen LogP contribution is 2.29. The molecule has 0 heterocycles. The molecular formula is C12H22O3. The van der Waals surface area contributed by atoms with Crippen LogP contribution in [0, 0.1) is 11.8 Å². The van der Waals surface area contributed by atoms with Crippen molar-refractivity contribution in [3.63, 3.8) is 0 Å². The Bertz CT molecular complexity index is 203. The van der Waals surface area contributed by atoms with Crippen molar-refractivity contribution < 1.29 is 14.6 Å². The van der Waals surface area contributed by atoms with E-state index in [1.54, 1.807) is 6.92 Å². The summed E-state index contributed by atoms with van der Waals surface area (Å²) in [7, 11) is 0. The van der Waals surface area contributed by atoms with Gasteiger partial charge in [0.1, 0.15) is 0 Å². The van der Waals surface area contributed by atoms with E-state index in [4.69, 9.17) is 9.84 Å². The minimum atomic E-state index is -0.765. The average molecular weight is 214 g/mol. The van der Waals surface area contributed by atoms with E-state index in [1.807, 2.05) is 0 Å². The molecule has 1 aliphatic rings. The highest BCUT2D eigenvalue weighted by atomic mass is 16.5. The van der Waals surface area contributed by atoms with Crippen LogP contribution in [0.3, 0.4) is 0 Å². The molecule has 0 bridgehead atoms. The third-order valence-corrected chi connectivity index (χ3v) is 3.35. The number of carbonyl (C=O) groups is 1. The van der Waals surface area contributed by atoms with E-state index in [0.717, 1.165) is 12.8 Å². The van der Waals surface area contributed by atoms with E-state index < -0.39 is 5.97 Å². The van der Waals surface area contributed by atoms with Gasteiger partial charge in [-0.15, -0.1) is 0 Å². The van der Waals surface area contributed by atoms with E-state index in [1.165, 1.54) is 19.3 Å². The van der Waals surface area contributed by atoms with Crippen LogP contribution in [0.15, 0.2) is 0 Å². The standard InChI is InChI=1S/C12H22O3/c1-3-10-6-4-5-7-11(10)15-8-9(2)12(13)14/h9-11H,3-8H2,1-2H3,(H,13,14). The van der Waals surface area contributed by atoms with Crippen molar-refractivity contribution in [3.8, 4) is 0 Å². The molecule has 3 unspecified atom stereocenters. The Morgan fingerprint density at radius 2 is 2.13 bits per heavy atom. The highest BCUT2D eigenvalue weighted by molar-refractivity contribution is 5.69. The van der Waals surface area contributed by atoms with Crippen molar-refractivity contribution in [2.45, 2.75) is 52.1 Å². The first kappa shape index (κ1) is 12.5. The second kappa shape index (κ2) is 6.11. The zero-order valence-electron chi connectivity index (χ0n) is 9.74. The third kappa shape index (κ3) is 3.82. The molecule has 0 aromatic carbocycles. The molecule has 3 nitrogen and oxygen atoms in total. The largest absolute Gasteiger partial charge is 0.481 e. The Kier molecular flexibility index (Phi) is 5.09. The average Bonchev–Trinajstić information content (AvgIpc) is 2.26. The summed E-state index contributed by atoms with van der Waals surface area (Å²) in [4.78, 5) is 10.6. The van der Waals surface area contributed by atoms with Crippen molar-refractivity contribution in [1.82, 2.24) is 0 Å². The summed E-state index contributed by atoms with van der Waals surface area (Å²) in [5, 5.41) is 8.75. The molecule has 15 heavy (non-hydrogen) atoms. The molecule has 0 aromatic heterocycles. The van der Waals surface area contributed by atoms with Crippen LogP contribution in [-0.2, 0) is 9.53 Å². The van der Waals surface area contributed by atoms with Gasteiger partial charge in [0.2, 0.25) is 0 Å². The summed E-state index contributed by atoms with van der Waals surface area (Å²) in [6, 6.07) is 0. The van der Waals surface area contributed by atoms with Gasteiger partial charge in [-0.2, -0.15) is 0 Å². The number of carboxylic acids is 1. The Morgan fingerprint density at radius 3 is 2.73 bits per heavy atom. The zero-order valence-corrected chi connectivity index (χ0v) is 9.74. The first-order valence-electron chi connectivity index (χ1n) is 5.99. The van der Waals surface area contributed by atoms with Gasteiger partial charge >= 0.3 is 5.97 Å². The van der Waals surface area contributed by atoms with E-state index in [2.05, 4.69) is 6.92 Å². The van der Waals surface area contributed by atoms with Crippen LogP contribution >= 0.6 is 0 Å². The quantitative estimate of drug-likeness (QED) is 0.765. The zero-order chi connectivity index (χ0) is 11.3. The fraction of sp³-hybridized carbons (Fsp3) is 0.917. The van der Waals surface area contributed by atoms with Gasteiger partial charge in [0, 0.05) is 0 Å². The molecule has 0 aliphatic heterocycles. The summed E-state index contributed by atoms with van der Waals surface area (Å²) in [6.45, 7) is 4.25. The fourth-order valence-corrected chi connectivity index (χ4v) is 2.20. The van der Waals surface area contributed by atoms with E-state index in [0.29, 0.717) is 18.6 Å². The van der Waals surface area contributed by atoms with Gasteiger partial charge in [0.25, 0.3) is 0 Å². The molecule has 3 heteroatoms. The number of hydrogen-bond acceptors (Lipinski definition) is 2. The molecule has 3 atom stereocenters. The number of ether oxygens (including phenoxy) is 1. The van der Waals surface area contributed by atoms with E-state index >= 15 is 0 Å². The Balaban J connectivity index is 2.32. The molecule has 0 aromatic rings. The molecule has 0 saturated heterocycles. The van der Waals surface area contributed by atoms with Crippen LogP contribution in [0.25, 0.3) is 0 Å². The van der Waals surface area contributed by atoms with Crippen LogP contribution < -0.4 is 0 Å². The summed E-state index contributed by atoms with van der Waals surface area (Å²) in [5.74, 6) is -0.511. The minimum absolute atomic E-state index is 0.297. The second-order valence-electron chi connectivity index (χ2n) is 4.56. The second-order valence-corrected chi connectivity index (χ2v) is 4.56. The van der Waals surface area contributed by atoms with E-state index in [9.17, 15) is 4.79 Å². The van der Waals surface area contributed by atoms with Gasteiger partial charge < -0.3 is 9.84 Å². The molecule has 88 valence electrons. The number of hydrogen-bond donors (Lipinski definition) is 1. The van der Waals surface area contributed by atoms with Gasteiger partial charge in [-0.3, -0.25) is 4.79 Å². The van der Waals surface area contributed by atoms with Gasteiger partial charge in [-0.25, -0.2) is 0 Å². The molecule has 1 N–H and O–H groups in total. The topological polar surface area (TPSA) is 46.5 Å². The summed E-state index contributed by atoms with van der Waals surface area (Å²) < 4.78 is 5.73. The predicted octanol–water partition coefficient (Wildman–Crippen LogP) is 2.69. The molecule has 1 rings (SSSR count). The first-order valence-corrected chi connectivity index (χ1v) is 5.99. The van der Waals surface area contributed by atoms with Crippen LogP contribution in [0.2, 0.25) is 0 Å². The molecule has 0 radical (unpaired) electrons. The normalized spacial score (nSPS) is 28.7. The lowest BCUT2D eigenvalue weighted by Gasteiger charge is -2.31. The van der Waals surface area contributed by atoms with Crippen LogP contribution in [0.1, 0.15) is 46.0 Å². The smallest absolute Gasteiger partial charge is 0.308 e. The Hall–Kier alpha value is -0.570. The maximum atomic E-state index is 10.6. The minimum Gasteiger partial charge on any atom is -0.481 e. The highest BCUT2D eigenvalue weighted by Gasteiger charge is 2.25. The summed E-state index contributed by atoms with van der Waals surface area (Å²) >= 11 is 0. The summed E-state index contributed by atoms with van der Waals surface area (Å²) in [6.07, 6.45) is 6.31. The fourth-order valence-electron chi connectivity index (χ4n) is 2.20. The van der Waals surface area contributed by atoms with Gasteiger partial charge in [0.15, 0.2) is 0 Å². The predicted molar refractivity (Wildman–Crippen MR) is 58.8 cm³/mol. The molecule has 1 aliphatic carbocycles. The SMILES string of the molecule is CCC1CCCCC1OCC(C)C(=O)O. The first-order chi connectivity index (χ1) is 7.15. The van der Waals surface area contributed by atoms with Gasteiger partial charge in [-0.05, 0) is 25.7 Å². The lowest BCUT2D eigenvalue weighted by Crippen LogP contribution is -2.30. The maximum Gasteiger partial charge on any atom is 0.308 e. The van der Waals surface area contributed by atoms with Crippen LogP contribution in [0.5, 0.6) is 0 Å². The molecular weight excluding hydrogens is 192 g/mol. The van der Waals surface area contributed by atoms with Crippen LogP contribution in [0.4, 0.5) is 0 Å². The van der Waals surface area contributed by atoms with Crippen molar-refractivity contribution in [2.75, 3.05) is 6.61 Å². The monoisotopic (exact) mass is 214 g/mol. The lowest BCUT2D eigenvalue weighted by atomic mass is 9.85. The number of carboxylic acid groups (broad SMARTS) is 1. The van der Waals surface area contributed by atoms with E-state index in [-0.39, 0.29) is 5.92 Å². The number of rotatable bonds is 5. The third-order valence-electron chi connectivity index (χ3n) is 3.35. The van der Waals surface area contributed by atoms with Crippen LogP contribution in [-0.4, -0.2) is 23.8 Å². The van der Waals surface area contributed by atoms with Crippen molar-refractivity contribution in [3.05, 3.63) is 0 Å². The van der Waals surface area contributed by atoms with Crippen molar-refractivity contribution >= 4 is 5.97 Å². The molecule has 0 spiro atoms.